The van der Waals surface area contributed by atoms with Crippen LogP contribution in [0.2, 0.25) is 0 Å². The first kappa shape index (κ1) is 18.0. The van der Waals surface area contributed by atoms with Crippen LogP contribution in [0.25, 0.3) is 0 Å². The fourth-order valence-corrected chi connectivity index (χ4v) is 3.66. The predicted octanol–water partition coefficient (Wildman–Crippen LogP) is 4.33. The zero-order valence-corrected chi connectivity index (χ0v) is 15.5. The van der Waals surface area contributed by atoms with Crippen molar-refractivity contribution >= 4 is 17.5 Å². The van der Waals surface area contributed by atoms with Gasteiger partial charge >= 0.3 is 0 Å². The molecule has 0 atom stereocenters. The van der Waals surface area contributed by atoms with Crippen LogP contribution in [-0.2, 0) is 4.79 Å². The average molecular weight is 370 g/mol. The van der Waals surface area contributed by atoms with Crippen molar-refractivity contribution in [3.8, 4) is 0 Å². The summed E-state index contributed by atoms with van der Waals surface area (Å²) in [6, 6.07) is 26.9. The second-order valence-electron chi connectivity index (χ2n) is 6.89. The molecule has 1 heterocycles. The van der Waals surface area contributed by atoms with Crippen LogP contribution in [-0.4, -0.2) is 18.4 Å². The van der Waals surface area contributed by atoms with Gasteiger partial charge in [-0.05, 0) is 29.7 Å². The maximum Gasteiger partial charge on any atom is 0.254 e. The van der Waals surface area contributed by atoms with E-state index in [4.69, 9.17) is 0 Å². The number of carbonyl (C=O) groups is 2. The van der Waals surface area contributed by atoms with Crippen LogP contribution in [0.15, 0.2) is 84.9 Å². The molecule has 1 saturated heterocycles. The third-order valence-electron chi connectivity index (χ3n) is 5.05. The summed E-state index contributed by atoms with van der Waals surface area (Å²) in [5, 5.41) is 3.17. The van der Waals surface area contributed by atoms with Crippen molar-refractivity contribution < 1.29 is 9.59 Å². The molecule has 1 fully saturated rings. The van der Waals surface area contributed by atoms with Crippen LogP contribution >= 0.6 is 0 Å². The number of hydrogen-bond donors (Lipinski definition) is 1. The Hall–Kier alpha value is -3.40. The largest absolute Gasteiger partial charge is 0.341 e. The maximum absolute atomic E-state index is 13.2. The Morgan fingerprint density at radius 1 is 0.821 bits per heavy atom. The van der Waals surface area contributed by atoms with Crippen LogP contribution in [0.4, 0.5) is 5.69 Å². The molecule has 4 heteroatoms. The Morgan fingerprint density at radius 3 is 1.96 bits per heavy atom. The fraction of sp³-hybridized carbons (Fsp3) is 0.167. The van der Waals surface area contributed by atoms with Crippen LogP contribution < -0.4 is 10.2 Å². The van der Waals surface area contributed by atoms with Gasteiger partial charge < -0.3 is 10.2 Å². The highest BCUT2D eigenvalue weighted by molar-refractivity contribution is 6.05. The van der Waals surface area contributed by atoms with Gasteiger partial charge in [-0.3, -0.25) is 9.59 Å². The van der Waals surface area contributed by atoms with Gasteiger partial charge in [0.25, 0.3) is 5.91 Å². The first-order valence-corrected chi connectivity index (χ1v) is 9.54. The third-order valence-corrected chi connectivity index (χ3v) is 5.05. The Morgan fingerprint density at radius 2 is 1.39 bits per heavy atom. The minimum atomic E-state index is -0.266. The number of nitrogens with zero attached hydrogens (tertiary/aromatic N) is 1. The summed E-state index contributed by atoms with van der Waals surface area (Å²) in [7, 11) is 0. The molecule has 4 nitrogen and oxygen atoms in total. The smallest absolute Gasteiger partial charge is 0.254 e. The topological polar surface area (TPSA) is 49.4 Å². The lowest BCUT2D eigenvalue weighted by atomic mass is 9.98. The zero-order valence-electron chi connectivity index (χ0n) is 15.5. The molecule has 4 rings (SSSR count). The van der Waals surface area contributed by atoms with Crippen LogP contribution in [0, 0.1) is 0 Å². The van der Waals surface area contributed by atoms with Gasteiger partial charge in [-0.25, -0.2) is 0 Å². The fourth-order valence-electron chi connectivity index (χ4n) is 3.66. The SMILES string of the molecule is O=C(NC(c1ccccc1)c1ccccc1)c1ccccc1N1CCCC1=O. The summed E-state index contributed by atoms with van der Waals surface area (Å²) < 4.78 is 0. The first-order chi connectivity index (χ1) is 13.7. The zero-order chi connectivity index (χ0) is 19.3. The van der Waals surface area contributed by atoms with E-state index >= 15 is 0 Å². The molecule has 2 amide bonds. The normalized spacial score (nSPS) is 13.8. The standard InChI is InChI=1S/C24H22N2O2/c27-22-16-9-17-26(22)21-15-8-7-14-20(21)24(28)25-23(18-10-3-1-4-11-18)19-12-5-2-6-13-19/h1-8,10-15,23H,9,16-17H2,(H,25,28). The van der Waals surface area contributed by atoms with E-state index < -0.39 is 0 Å². The third kappa shape index (κ3) is 3.67. The highest BCUT2D eigenvalue weighted by Gasteiger charge is 2.26. The highest BCUT2D eigenvalue weighted by Crippen LogP contribution is 2.27. The van der Waals surface area contributed by atoms with Gasteiger partial charge in [0, 0.05) is 13.0 Å². The number of carbonyl (C=O) groups excluding carboxylic acids is 2. The van der Waals surface area contributed by atoms with Crippen LogP contribution in [0.3, 0.4) is 0 Å². The molecule has 28 heavy (non-hydrogen) atoms. The first-order valence-electron chi connectivity index (χ1n) is 9.54. The molecule has 3 aromatic rings. The summed E-state index contributed by atoms with van der Waals surface area (Å²) >= 11 is 0. The second kappa shape index (κ2) is 8.09. The van der Waals surface area contributed by atoms with Gasteiger partial charge in [0.2, 0.25) is 5.91 Å². The lowest BCUT2D eigenvalue weighted by Gasteiger charge is -2.23. The monoisotopic (exact) mass is 370 g/mol. The number of hydrogen-bond acceptors (Lipinski definition) is 2. The lowest BCUT2D eigenvalue weighted by Crippen LogP contribution is -2.32. The molecule has 3 aromatic carbocycles. The van der Waals surface area contributed by atoms with Crippen molar-refractivity contribution in [3.05, 3.63) is 102 Å². The van der Waals surface area contributed by atoms with Gasteiger partial charge in [0.05, 0.1) is 17.3 Å². The Labute approximate surface area is 164 Å². The molecule has 140 valence electrons. The summed E-state index contributed by atoms with van der Waals surface area (Å²) in [6.07, 6.45) is 1.36. The molecular weight excluding hydrogens is 348 g/mol. The second-order valence-corrected chi connectivity index (χ2v) is 6.89. The van der Waals surface area contributed by atoms with Gasteiger partial charge in [0.15, 0.2) is 0 Å². The van der Waals surface area contributed by atoms with Crippen molar-refractivity contribution in [3.63, 3.8) is 0 Å². The molecule has 0 aliphatic carbocycles. The van der Waals surface area contributed by atoms with Crippen molar-refractivity contribution in [2.45, 2.75) is 18.9 Å². The van der Waals surface area contributed by atoms with Crippen LogP contribution in [0.1, 0.15) is 40.4 Å². The molecule has 0 saturated carbocycles. The number of para-hydroxylation sites is 1. The summed E-state index contributed by atoms with van der Waals surface area (Å²) in [5.74, 6) is -0.115. The summed E-state index contributed by atoms with van der Waals surface area (Å²) in [5.41, 5.74) is 3.23. The number of benzene rings is 3. The van der Waals surface area contributed by atoms with E-state index in [0.717, 1.165) is 17.5 Å². The number of anilines is 1. The van der Waals surface area contributed by atoms with Gasteiger partial charge in [-0.2, -0.15) is 0 Å². The van der Waals surface area contributed by atoms with E-state index in [1.54, 1.807) is 11.0 Å². The maximum atomic E-state index is 13.2. The van der Waals surface area contributed by atoms with E-state index in [0.29, 0.717) is 24.2 Å². The van der Waals surface area contributed by atoms with Gasteiger partial charge in [0.1, 0.15) is 0 Å². The molecule has 0 unspecified atom stereocenters. The van der Waals surface area contributed by atoms with Crippen molar-refractivity contribution in [2.75, 3.05) is 11.4 Å². The summed E-state index contributed by atoms with van der Waals surface area (Å²) in [4.78, 5) is 27.2. The molecule has 0 bridgehead atoms. The summed E-state index contributed by atoms with van der Waals surface area (Å²) in [6.45, 7) is 0.657. The van der Waals surface area contributed by atoms with Crippen molar-refractivity contribution in [2.24, 2.45) is 0 Å². The van der Waals surface area contributed by atoms with E-state index in [2.05, 4.69) is 5.32 Å². The molecular formula is C24H22N2O2. The van der Waals surface area contributed by atoms with Crippen molar-refractivity contribution in [1.82, 2.24) is 5.32 Å². The van der Waals surface area contributed by atoms with Crippen molar-refractivity contribution in [1.29, 1.82) is 0 Å². The quantitative estimate of drug-likeness (QED) is 0.727. The number of amides is 2. The van der Waals surface area contributed by atoms with Crippen LogP contribution in [0.5, 0.6) is 0 Å². The lowest BCUT2D eigenvalue weighted by molar-refractivity contribution is -0.117. The number of rotatable bonds is 5. The highest BCUT2D eigenvalue weighted by atomic mass is 16.2. The van der Waals surface area contributed by atoms with E-state index in [9.17, 15) is 9.59 Å². The molecule has 1 N–H and O–H groups in total. The molecule has 0 spiro atoms. The Kier molecular flexibility index (Phi) is 5.20. The Balaban J connectivity index is 1.67. The minimum absolute atomic E-state index is 0.0721. The Bertz CT molecular complexity index is 931. The molecule has 1 aliphatic rings. The van der Waals surface area contributed by atoms with Gasteiger partial charge in [-0.1, -0.05) is 72.8 Å². The average Bonchev–Trinajstić information content (AvgIpc) is 3.19. The van der Waals surface area contributed by atoms with E-state index in [1.807, 2.05) is 78.9 Å². The predicted molar refractivity (Wildman–Crippen MR) is 110 cm³/mol. The van der Waals surface area contributed by atoms with Gasteiger partial charge in [-0.15, -0.1) is 0 Å². The molecule has 1 aliphatic heterocycles. The number of nitrogens with one attached hydrogen (secondary N) is 1. The minimum Gasteiger partial charge on any atom is -0.341 e. The van der Waals surface area contributed by atoms with E-state index in [1.165, 1.54) is 0 Å². The molecule has 0 aromatic heterocycles. The molecule has 0 radical (unpaired) electrons. The van der Waals surface area contributed by atoms with E-state index in [-0.39, 0.29) is 17.9 Å².